The minimum absolute atomic E-state index is 0.245. The van der Waals surface area contributed by atoms with Gasteiger partial charge in [0.25, 0.3) is 0 Å². The summed E-state index contributed by atoms with van der Waals surface area (Å²) in [7, 11) is 0. The molecule has 0 aliphatic rings. The van der Waals surface area contributed by atoms with Gasteiger partial charge in [-0.1, -0.05) is 13.8 Å². The van der Waals surface area contributed by atoms with Crippen molar-refractivity contribution in [1.29, 1.82) is 0 Å². The fourth-order valence-corrected chi connectivity index (χ4v) is 1.30. The van der Waals surface area contributed by atoms with Crippen LogP contribution in [0.4, 0.5) is 5.82 Å². The smallest absolute Gasteiger partial charge is 0.234 e. The highest BCUT2D eigenvalue weighted by atomic mass is 16.5. The molecule has 0 saturated carbocycles. The second-order valence-corrected chi connectivity index (χ2v) is 3.97. The maximum Gasteiger partial charge on any atom is 0.234 e. The minimum atomic E-state index is 0.245. The first-order chi connectivity index (χ1) is 8.26. The molecule has 3 N–H and O–H groups in total. The highest BCUT2D eigenvalue weighted by molar-refractivity contribution is 5.33. The van der Waals surface area contributed by atoms with Crippen molar-refractivity contribution in [2.75, 3.05) is 18.5 Å². The summed E-state index contributed by atoms with van der Waals surface area (Å²) < 4.78 is 5.41. The average Bonchev–Trinajstić information content (AvgIpc) is 2.36. The van der Waals surface area contributed by atoms with Gasteiger partial charge in [-0.3, -0.25) is 4.98 Å². The van der Waals surface area contributed by atoms with Crippen molar-refractivity contribution in [1.82, 2.24) is 9.97 Å². The Kier molecular flexibility index (Phi) is 6.32. The van der Waals surface area contributed by atoms with Crippen LogP contribution in [0, 0.1) is 0 Å². The Morgan fingerprint density at radius 3 is 2.94 bits per heavy atom. The van der Waals surface area contributed by atoms with Gasteiger partial charge in [0.05, 0.1) is 19.0 Å². The molecule has 96 valence electrons. The third kappa shape index (κ3) is 5.49. The molecule has 1 unspecified atom stereocenters. The number of ether oxygens (including phenoxy) is 1. The van der Waals surface area contributed by atoms with Gasteiger partial charge in [-0.25, -0.2) is 0 Å². The van der Waals surface area contributed by atoms with Gasteiger partial charge in [-0.2, -0.15) is 4.98 Å². The Labute approximate surface area is 103 Å². The molecule has 0 fully saturated rings. The fraction of sp³-hybridized carbons (Fsp3) is 0.667. The minimum Gasteiger partial charge on any atom is -0.477 e. The van der Waals surface area contributed by atoms with Gasteiger partial charge in [-0.15, -0.1) is 0 Å². The summed E-state index contributed by atoms with van der Waals surface area (Å²) in [6.45, 7) is 5.62. The molecule has 1 heterocycles. The summed E-state index contributed by atoms with van der Waals surface area (Å²) in [5.74, 6) is 1.30. The van der Waals surface area contributed by atoms with Crippen molar-refractivity contribution < 1.29 is 4.74 Å². The number of hydrogen-bond acceptors (Lipinski definition) is 5. The molecular weight excluding hydrogens is 216 g/mol. The van der Waals surface area contributed by atoms with Crippen molar-refractivity contribution in [3.05, 3.63) is 12.4 Å². The highest BCUT2D eigenvalue weighted by Gasteiger charge is 2.01. The zero-order valence-corrected chi connectivity index (χ0v) is 10.6. The van der Waals surface area contributed by atoms with Gasteiger partial charge >= 0.3 is 0 Å². The van der Waals surface area contributed by atoms with E-state index in [1.165, 1.54) is 0 Å². The number of nitrogens with one attached hydrogen (secondary N) is 1. The third-order valence-corrected chi connectivity index (χ3v) is 2.41. The fourth-order valence-electron chi connectivity index (χ4n) is 1.30. The van der Waals surface area contributed by atoms with Crippen molar-refractivity contribution in [2.45, 2.75) is 39.2 Å². The molecule has 0 amide bonds. The monoisotopic (exact) mass is 238 g/mol. The number of anilines is 1. The second-order valence-electron chi connectivity index (χ2n) is 3.97. The van der Waals surface area contributed by atoms with Crippen LogP contribution in [-0.2, 0) is 0 Å². The molecule has 0 aliphatic carbocycles. The van der Waals surface area contributed by atoms with E-state index < -0.39 is 0 Å². The lowest BCUT2D eigenvalue weighted by Crippen LogP contribution is -2.22. The van der Waals surface area contributed by atoms with Crippen LogP contribution in [0.5, 0.6) is 5.88 Å². The van der Waals surface area contributed by atoms with Crippen LogP contribution in [0.3, 0.4) is 0 Å². The maximum absolute atomic E-state index is 5.83. The van der Waals surface area contributed by atoms with Crippen molar-refractivity contribution in [3.63, 3.8) is 0 Å². The zero-order valence-electron chi connectivity index (χ0n) is 10.6. The van der Waals surface area contributed by atoms with E-state index in [4.69, 9.17) is 10.5 Å². The quantitative estimate of drug-likeness (QED) is 0.722. The zero-order chi connectivity index (χ0) is 12.5. The topological polar surface area (TPSA) is 73.1 Å². The predicted octanol–water partition coefficient (Wildman–Crippen LogP) is 1.80. The lowest BCUT2D eigenvalue weighted by atomic mass is 10.2. The van der Waals surface area contributed by atoms with E-state index in [1.54, 1.807) is 12.4 Å². The summed E-state index contributed by atoms with van der Waals surface area (Å²) in [6.07, 6.45) is 6.20. The first kappa shape index (κ1) is 13.7. The normalized spacial score (nSPS) is 12.2. The molecule has 0 bridgehead atoms. The number of rotatable bonds is 8. The Morgan fingerprint density at radius 1 is 1.41 bits per heavy atom. The lowest BCUT2D eigenvalue weighted by Gasteiger charge is -2.10. The second kappa shape index (κ2) is 7.84. The number of aromatic nitrogens is 2. The Morgan fingerprint density at radius 2 is 2.24 bits per heavy atom. The van der Waals surface area contributed by atoms with Crippen LogP contribution in [0.25, 0.3) is 0 Å². The van der Waals surface area contributed by atoms with Gasteiger partial charge in [0.2, 0.25) is 5.88 Å². The number of nitrogens with two attached hydrogens (primary N) is 1. The molecule has 1 rings (SSSR count). The van der Waals surface area contributed by atoms with Gasteiger partial charge in [0, 0.05) is 12.6 Å². The Balaban J connectivity index is 2.37. The largest absolute Gasteiger partial charge is 0.477 e. The van der Waals surface area contributed by atoms with Gasteiger partial charge < -0.3 is 15.8 Å². The molecule has 0 radical (unpaired) electrons. The van der Waals surface area contributed by atoms with Crippen LogP contribution in [0.15, 0.2) is 12.4 Å². The first-order valence-electron chi connectivity index (χ1n) is 6.20. The summed E-state index contributed by atoms with van der Waals surface area (Å²) in [4.78, 5) is 8.37. The first-order valence-corrected chi connectivity index (χ1v) is 6.20. The van der Waals surface area contributed by atoms with E-state index >= 15 is 0 Å². The Bertz CT molecular complexity index is 319. The summed E-state index contributed by atoms with van der Waals surface area (Å²) in [5, 5.41) is 3.19. The molecule has 17 heavy (non-hydrogen) atoms. The van der Waals surface area contributed by atoms with Gasteiger partial charge in [0.1, 0.15) is 5.82 Å². The number of nitrogens with zero attached hydrogens (tertiary/aromatic N) is 2. The van der Waals surface area contributed by atoms with Crippen LogP contribution < -0.4 is 15.8 Å². The van der Waals surface area contributed by atoms with E-state index in [-0.39, 0.29) is 6.04 Å². The molecule has 5 heteroatoms. The van der Waals surface area contributed by atoms with Crippen LogP contribution in [0.2, 0.25) is 0 Å². The molecule has 1 aromatic rings. The van der Waals surface area contributed by atoms with E-state index in [2.05, 4.69) is 29.1 Å². The van der Waals surface area contributed by atoms with E-state index in [1.807, 2.05) is 0 Å². The summed E-state index contributed by atoms with van der Waals surface area (Å²) in [5.41, 5.74) is 5.83. The standard InChI is InChI=1S/C12H22N4O/c1-3-7-17-12-9-14-8-11(16-12)15-6-5-10(13)4-2/h8-10H,3-7,13H2,1-2H3,(H,15,16). The molecule has 0 saturated heterocycles. The molecule has 1 aromatic heterocycles. The Hall–Kier alpha value is -1.36. The third-order valence-electron chi connectivity index (χ3n) is 2.41. The maximum atomic E-state index is 5.83. The van der Waals surface area contributed by atoms with Crippen LogP contribution in [-0.4, -0.2) is 29.2 Å². The van der Waals surface area contributed by atoms with Crippen molar-refractivity contribution in [3.8, 4) is 5.88 Å². The molecular formula is C12H22N4O. The highest BCUT2D eigenvalue weighted by Crippen LogP contribution is 2.09. The molecule has 0 aliphatic heterocycles. The van der Waals surface area contributed by atoms with Gasteiger partial charge in [-0.05, 0) is 19.3 Å². The van der Waals surface area contributed by atoms with E-state index in [0.717, 1.165) is 31.6 Å². The summed E-state index contributed by atoms with van der Waals surface area (Å²) in [6, 6.07) is 0.245. The molecule has 0 spiro atoms. The molecule has 0 aromatic carbocycles. The SMILES string of the molecule is CCCOc1cncc(NCCC(N)CC)n1. The molecule has 5 nitrogen and oxygen atoms in total. The predicted molar refractivity (Wildman–Crippen MR) is 69.2 cm³/mol. The van der Waals surface area contributed by atoms with Crippen LogP contribution >= 0.6 is 0 Å². The van der Waals surface area contributed by atoms with Crippen molar-refractivity contribution in [2.24, 2.45) is 5.73 Å². The van der Waals surface area contributed by atoms with E-state index in [0.29, 0.717) is 12.5 Å². The van der Waals surface area contributed by atoms with Gasteiger partial charge in [0.15, 0.2) is 0 Å². The van der Waals surface area contributed by atoms with Crippen molar-refractivity contribution >= 4 is 5.82 Å². The molecule has 1 atom stereocenters. The number of hydrogen-bond donors (Lipinski definition) is 2. The lowest BCUT2D eigenvalue weighted by molar-refractivity contribution is 0.304. The summed E-state index contributed by atoms with van der Waals surface area (Å²) >= 11 is 0. The van der Waals surface area contributed by atoms with E-state index in [9.17, 15) is 0 Å². The average molecular weight is 238 g/mol. The van der Waals surface area contributed by atoms with Crippen LogP contribution in [0.1, 0.15) is 33.1 Å².